The first-order valence-electron chi connectivity index (χ1n) is 4.60. The van der Waals surface area contributed by atoms with Crippen molar-refractivity contribution in [2.75, 3.05) is 0 Å². The van der Waals surface area contributed by atoms with Crippen LogP contribution in [0.25, 0.3) is 0 Å². The second-order valence-electron chi connectivity index (χ2n) is 3.26. The summed E-state index contributed by atoms with van der Waals surface area (Å²) in [7, 11) is 0. The van der Waals surface area contributed by atoms with Gasteiger partial charge in [-0.1, -0.05) is 31.9 Å². The van der Waals surface area contributed by atoms with Crippen molar-refractivity contribution in [2.24, 2.45) is 5.92 Å². The highest BCUT2D eigenvalue weighted by Gasteiger charge is 2.06. The predicted molar refractivity (Wildman–Crippen MR) is 46.0 cm³/mol. The summed E-state index contributed by atoms with van der Waals surface area (Å²) in [4.78, 5) is 0. The average molecular weight is 138 g/mol. The van der Waals surface area contributed by atoms with Crippen LogP contribution in [-0.4, -0.2) is 0 Å². The zero-order valence-corrected chi connectivity index (χ0v) is 6.97. The zero-order valence-electron chi connectivity index (χ0n) is 6.97. The van der Waals surface area contributed by atoms with E-state index < -0.39 is 0 Å². The molecule has 1 rings (SSSR count). The fraction of sp³-hybridized carbons (Fsp3) is 0.800. The molecule has 0 aliphatic heterocycles. The number of hydrogen-bond donors (Lipinski definition) is 0. The van der Waals surface area contributed by atoms with Gasteiger partial charge < -0.3 is 0 Å². The topological polar surface area (TPSA) is 0 Å². The minimum Gasteiger partial charge on any atom is -0.0883 e. The Balaban J connectivity index is 2.13. The SMILES string of the molecule is CCCCC1C=CCCC1. The molecule has 0 bridgehead atoms. The molecular formula is C10H18. The van der Waals surface area contributed by atoms with Crippen LogP contribution in [0.2, 0.25) is 0 Å². The van der Waals surface area contributed by atoms with Crippen LogP contribution in [0, 0.1) is 5.92 Å². The number of hydrogen-bond acceptors (Lipinski definition) is 0. The summed E-state index contributed by atoms with van der Waals surface area (Å²) in [6, 6.07) is 0. The second kappa shape index (κ2) is 4.54. The molecule has 0 spiro atoms. The molecule has 0 aromatic rings. The normalized spacial score (nSPS) is 25.1. The first-order chi connectivity index (χ1) is 4.93. The molecule has 1 unspecified atom stereocenters. The Kier molecular flexibility index (Phi) is 3.56. The fourth-order valence-corrected chi connectivity index (χ4v) is 1.59. The van der Waals surface area contributed by atoms with Gasteiger partial charge in [0, 0.05) is 0 Å². The highest BCUT2D eigenvalue weighted by Crippen LogP contribution is 2.21. The van der Waals surface area contributed by atoms with Crippen molar-refractivity contribution in [3.8, 4) is 0 Å². The standard InChI is InChI=1S/C10H18/c1-2-3-7-10-8-5-4-6-9-10/h5,8,10H,2-4,6-7,9H2,1H3. The first-order valence-corrected chi connectivity index (χ1v) is 4.60. The molecule has 0 saturated heterocycles. The van der Waals surface area contributed by atoms with Crippen LogP contribution in [0.15, 0.2) is 12.2 Å². The third-order valence-electron chi connectivity index (χ3n) is 2.28. The highest BCUT2D eigenvalue weighted by molar-refractivity contribution is 4.92. The minimum absolute atomic E-state index is 0.925. The molecule has 0 aromatic heterocycles. The summed E-state index contributed by atoms with van der Waals surface area (Å²) >= 11 is 0. The number of rotatable bonds is 3. The van der Waals surface area contributed by atoms with Gasteiger partial charge in [-0.3, -0.25) is 0 Å². The molecule has 0 nitrogen and oxygen atoms in total. The van der Waals surface area contributed by atoms with Gasteiger partial charge in [0.05, 0.1) is 0 Å². The van der Waals surface area contributed by atoms with E-state index in [0.717, 1.165) is 5.92 Å². The first kappa shape index (κ1) is 7.84. The maximum Gasteiger partial charge on any atom is -0.0233 e. The third kappa shape index (κ3) is 2.55. The molecule has 1 aliphatic carbocycles. The lowest BCUT2D eigenvalue weighted by atomic mass is 9.91. The Labute approximate surface area is 64.3 Å². The van der Waals surface area contributed by atoms with Gasteiger partial charge >= 0.3 is 0 Å². The summed E-state index contributed by atoms with van der Waals surface area (Å²) in [6.07, 6.45) is 13.1. The maximum absolute atomic E-state index is 2.42. The quantitative estimate of drug-likeness (QED) is 0.523. The highest BCUT2D eigenvalue weighted by atomic mass is 14.1. The van der Waals surface area contributed by atoms with Crippen LogP contribution in [0.4, 0.5) is 0 Å². The Bertz CT molecular complexity index is 103. The Morgan fingerprint density at radius 3 is 3.00 bits per heavy atom. The molecule has 0 heterocycles. The van der Waals surface area contributed by atoms with Crippen LogP contribution in [0.5, 0.6) is 0 Å². The number of allylic oxidation sites excluding steroid dienone is 2. The minimum atomic E-state index is 0.925. The van der Waals surface area contributed by atoms with Crippen molar-refractivity contribution in [1.29, 1.82) is 0 Å². The predicted octanol–water partition coefficient (Wildman–Crippen LogP) is 3.53. The number of unbranched alkanes of at least 4 members (excludes halogenated alkanes) is 1. The van der Waals surface area contributed by atoms with E-state index in [9.17, 15) is 0 Å². The molecule has 0 N–H and O–H groups in total. The van der Waals surface area contributed by atoms with E-state index in [1.54, 1.807) is 0 Å². The molecule has 0 heteroatoms. The van der Waals surface area contributed by atoms with Crippen molar-refractivity contribution >= 4 is 0 Å². The molecule has 0 saturated carbocycles. The van der Waals surface area contributed by atoms with Crippen LogP contribution < -0.4 is 0 Å². The molecule has 0 fully saturated rings. The van der Waals surface area contributed by atoms with Gasteiger partial charge in [-0.2, -0.15) is 0 Å². The molecule has 10 heavy (non-hydrogen) atoms. The molecular weight excluding hydrogens is 120 g/mol. The van der Waals surface area contributed by atoms with Crippen LogP contribution in [0.1, 0.15) is 45.4 Å². The smallest absolute Gasteiger partial charge is 0.0233 e. The van der Waals surface area contributed by atoms with Crippen molar-refractivity contribution < 1.29 is 0 Å². The van der Waals surface area contributed by atoms with E-state index in [4.69, 9.17) is 0 Å². The van der Waals surface area contributed by atoms with Gasteiger partial charge in [-0.25, -0.2) is 0 Å². The van der Waals surface area contributed by atoms with E-state index in [0.29, 0.717) is 0 Å². The second-order valence-corrected chi connectivity index (χ2v) is 3.26. The Morgan fingerprint density at radius 1 is 1.50 bits per heavy atom. The molecule has 0 aromatic carbocycles. The molecule has 1 aliphatic rings. The van der Waals surface area contributed by atoms with Gasteiger partial charge in [0.25, 0.3) is 0 Å². The Morgan fingerprint density at radius 2 is 2.40 bits per heavy atom. The maximum atomic E-state index is 2.42. The van der Waals surface area contributed by atoms with Gasteiger partial charge in [0.15, 0.2) is 0 Å². The summed E-state index contributed by atoms with van der Waals surface area (Å²) in [6.45, 7) is 2.27. The molecule has 0 radical (unpaired) electrons. The van der Waals surface area contributed by atoms with Crippen molar-refractivity contribution in [1.82, 2.24) is 0 Å². The molecule has 0 amide bonds. The lowest BCUT2D eigenvalue weighted by Gasteiger charge is -2.14. The van der Waals surface area contributed by atoms with E-state index in [1.807, 2.05) is 0 Å². The summed E-state index contributed by atoms with van der Waals surface area (Å²) in [5, 5.41) is 0. The van der Waals surface area contributed by atoms with Crippen molar-refractivity contribution in [2.45, 2.75) is 45.4 Å². The van der Waals surface area contributed by atoms with Gasteiger partial charge in [0.1, 0.15) is 0 Å². The lowest BCUT2D eigenvalue weighted by Crippen LogP contribution is -1.99. The van der Waals surface area contributed by atoms with Crippen molar-refractivity contribution in [3.05, 3.63) is 12.2 Å². The van der Waals surface area contributed by atoms with Crippen molar-refractivity contribution in [3.63, 3.8) is 0 Å². The van der Waals surface area contributed by atoms with Gasteiger partial charge in [0.2, 0.25) is 0 Å². The van der Waals surface area contributed by atoms with E-state index >= 15 is 0 Å². The summed E-state index contributed by atoms with van der Waals surface area (Å²) < 4.78 is 0. The monoisotopic (exact) mass is 138 g/mol. The molecule has 1 atom stereocenters. The lowest BCUT2D eigenvalue weighted by molar-refractivity contribution is 0.486. The van der Waals surface area contributed by atoms with E-state index in [1.165, 1.54) is 38.5 Å². The van der Waals surface area contributed by atoms with Crippen LogP contribution >= 0.6 is 0 Å². The zero-order chi connectivity index (χ0) is 7.23. The molecule has 58 valence electrons. The summed E-state index contributed by atoms with van der Waals surface area (Å²) in [5.74, 6) is 0.925. The average Bonchev–Trinajstić information content (AvgIpc) is 2.03. The van der Waals surface area contributed by atoms with Crippen LogP contribution in [0.3, 0.4) is 0 Å². The fourth-order valence-electron chi connectivity index (χ4n) is 1.59. The Hall–Kier alpha value is -0.260. The largest absolute Gasteiger partial charge is 0.0883 e. The summed E-state index contributed by atoms with van der Waals surface area (Å²) in [5.41, 5.74) is 0. The van der Waals surface area contributed by atoms with Crippen LogP contribution in [-0.2, 0) is 0 Å². The van der Waals surface area contributed by atoms with E-state index in [-0.39, 0.29) is 0 Å². The van der Waals surface area contributed by atoms with Gasteiger partial charge in [-0.15, -0.1) is 0 Å². The third-order valence-corrected chi connectivity index (χ3v) is 2.28. The van der Waals surface area contributed by atoms with E-state index in [2.05, 4.69) is 19.1 Å². The van der Waals surface area contributed by atoms with Gasteiger partial charge in [-0.05, 0) is 31.6 Å².